The molecule has 6 heteroatoms. The lowest BCUT2D eigenvalue weighted by molar-refractivity contribution is -0.134. The molecule has 1 fully saturated rings. The van der Waals surface area contributed by atoms with Crippen molar-refractivity contribution < 1.29 is 19.5 Å². The first-order valence-electron chi connectivity index (χ1n) is 10.6. The molecule has 29 heavy (non-hydrogen) atoms. The lowest BCUT2D eigenvalue weighted by Crippen LogP contribution is -2.47. The molecule has 1 unspecified atom stereocenters. The van der Waals surface area contributed by atoms with Crippen molar-refractivity contribution in [2.45, 2.75) is 71.1 Å². The summed E-state index contributed by atoms with van der Waals surface area (Å²) in [5.74, 6) is -0.464. The fourth-order valence-electron chi connectivity index (χ4n) is 4.00. The normalized spacial score (nSPS) is 19.6. The number of hydrogen-bond donors (Lipinski definition) is 2. The third kappa shape index (κ3) is 6.96. The molecule has 0 radical (unpaired) electrons. The number of ketones is 1. The van der Waals surface area contributed by atoms with E-state index in [2.05, 4.69) is 5.32 Å². The van der Waals surface area contributed by atoms with Gasteiger partial charge in [-0.3, -0.25) is 14.4 Å². The van der Waals surface area contributed by atoms with Gasteiger partial charge in [0, 0.05) is 18.9 Å². The third-order valence-electron chi connectivity index (χ3n) is 5.58. The molecule has 0 aromatic heterocycles. The Morgan fingerprint density at radius 3 is 2.52 bits per heavy atom. The maximum atomic E-state index is 13.0. The molecule has 1 aliphatic rings. The fourth-order valence-corrected chi connectivity index (χ4v) is 4.00. The topological polar surface area (TPSA) is 86.7 Å². The molecule has 1 aromatic carbocycles. The van der Waals surface area contributed by atoms with Gasteiger partial charge in [-0.2, -0.15) is 0 Å². The zero-order valence-electron chi connectivity index (χ0n) is 17.7. The molecule has 1 heterocycles. The van der Waals surface area contributed by atoms with Gasteiger partial charge in [-0.15, -0.1) is 0 Å². The van der Waals surface area contributed by atoms with Crippen molar-refractivity contribution in [3.05, 3.63) is 35.9 Å². The van der Waals surface area contributed by atoms with Gasteiger partial charge in [-0.25, -0.2) is 0 Å². The number of hydrogen-bond acceptors (Lipinski definition) is 4. The van der Waals surface area contributed by atoms with E-state index in [1.54, 1.807) is 11.8 Å². The molecule has 0 saturated carbocycles. The third-order valence-corrected chi connectivity index (χ3v) is 5.58. The van der Waals surface area contributed by atoms with E-state index in [1.165, 1.54) is 0 Å². The predicted molar refractivity (Wildman–Crippen MR) is 112 cm³/mol. The SMILES string of the molecule is CC(C)C[C@H](CC(=O)[C@@H]1CCCN1C=O)C(=O)N[C@@H](Cc1ccccc1)C(C)O. The van der Waals surface area contributed by atoms with E-state index in [-0.39, 0.29) is 24.0 Å². The summed E-state index contributed by atoms with van der Waals surface area (Å²) in [6.45, 7) is 6.31. The number of Topliss-reactive ketones (excluding diaryl/α,β-unsaturated/α-hetero) is 1. The minimum absolute atomic E-state index is 0.0490. The Morgan fingerprint density at radius 2 is 1.93 bits per heavy atom. The summed E-state index contributed by atoms with van der Waals surface area (Å²) in [5.41, 5.74) is 1.03. The molecule has 1 saturated heterocycles. The Labute approximate surface area is 173 Å². The Balaban J connectivity index is 2.06. The van der Waals surface area contributed by atoms with Crippen molar-refractivity contribution >= 4 is 18.1 Å². The van der Waals surface area contributed by atoms with Crippen LogP contribution in [0.4, 0.5) is 0 Å². The maximum Gasteiger partial charge on any atom is 0.223 e. The van der Waals surface area contributed by atoms with Gasteiger partial charge >= 0.3 is 0 Å². The first kappa shape index (κ1) is 23.1. The fraction of sp³-hybridized carbons (Fsp3) is 0.609. The quantitative estimate of drug-likeness (QED) is 0.556. The number of nitrogens with one attached hydrogen (secondary N) is 1. The molecule has 2 N–H and O–H groups in total. The van der Waals surface area contributed by atoms with Crippen LogP contribution in [-0.4, -0.2) is 52.8 Å². The predicted octanol–water partition coefficient (Wildman–Crippen LogP) is 2.34. The van der Waals surface area contributed by atoms with E-state index in [4.69, 9.17) is 0 Å². The number of carbonyl (C=O) groups excluding carboxylic acids is 3. The minimum Gasteiger partial charge on any atom is -0.391 e. The van der Waals surface area contributed by atoms with E-state index in [0.29, 0.717) is 25.8 Å². The number of aliphatic hydroxyl groups is 1. The zero-order valence-corrected chi connectivity index (χ0v) is 17.7. The van der Waals surface area contributed by atoms with Crippen LogP contribution in [0.2, 0.25) is 0 Å². The summed E-state index contributed by atoms with van der Waals surface area (Å²) >= 11 is 0. The highest BCUT2D eigenvalue weighted by molar-refractivity contribution is 5.91. The van der Waals surface area contributed by atoms with Gasteiger partial charge < -0.3 is 15.3 Å². The number of amides is 2. The van der Waals surface area contributed by atoms with E-state index in [1.807, 2.05) is 44.2 Å². The first-order chi connectivity index (χ1) is 13.8. The van der Waals surface area contributed by atoms with Gasteiger partial charge in [-0.05, 0) is 44.1 Å². The van der Waals surface area contributed by atoms with Crippen molar-refractivity contribution in [3.63, 3.8) is 0 Å². The molecule has 2 amide bonds. The largest absolute Gasteiger partial charge is 0.391 e. The Morgan fingerprint density at radius 1 is 1.24 bits per heavy atom. The number of rotatable bonds is 11. The number of benzene rings is 1. The molecule has 0 spiro atoms. The molecular formula is C23H34N2O4. The molecule has 2 rings (SSSR count). The standard InChI is InChI=1S/C23H34N2O4/c1-16(2)12-19(14-22(28)21-10-7-11-25(21)15-26)23(29)24-20(17(3)27)13-18-8-5-4-6-9-18/h4-6,8-9,15-17,19-21,27H,7,10-14H2,1-3H3,(H,24,29)/t17?,19-,20+,21+/m1/s1. The van der Waals surface area contributed by atoms with Gasteiger partial charge in [0.15, 0.2) is 5.78 Å². The van der Waals surface area contributed by atoms with Crippen LogP contribution >= 0.6 is 0 Å². The number of carbonyl (C=O) groups is 3. The van der Waals surface area contributed by atoms with Crippen LogP contribution in [0.1, 0.15) is 52.0 Å². The van der Waals surface area contributed by atoms with E-state index in [9.17, 15) is 19.5 Å². The van der Waals surface area contributed by atoms with Crippen LogP contribution in [0.25, 0.3) is 0 Å². The van der Waals surface area contributed by atoms with Crippen LogP contribution in [-0.2, 0) is 20.8 Å². The second kappa shape index (κ2) is 11.1. The highest BCUT2D eigenvalue weighted by atomic mass is 16.3. The van der Waals surface area contributed by atoms with Crippen molar-refractivity contribution in [2.75, 3.05) is 6.54 Å². The molecule has 0 bridgehead atoms. The van der Waals surface area contributed by atoms with Crippen LogP contribution in [0, 0.1) is 11.8 Å². The number of aliphatic hydroxyl groups excluding tert-OH is 1. The van der Waals surface area contributed by atoms with Gasteiger partial charge in [0.05, 0.1) is 18.2 Å². The molecule has 1 aromatic rings. The lowest BCUT2D eigenvalue weighted by Gasteiger charge is -2.27. The van der Waals surface area contributed by atoms with Crippen LogP contribution < -0.4 is 5.32 Å². The van der Waals surface area contributed by atoms with Gasteiger partial charge in [0.2, 0.25) is 12.3 Å². The Kier molecular flexibility index (Phi) is 8.83. The highest BCUT2D eigenvalue weighted by Crippen LogP contribution is 2.23. The summed E-state index contributed by atoms with van der Waals surface area (Å²) in [6.07, 6.45) is 2.73. The molecule has 0 aliphatic carbocycles. The summed E-state index contributed by atoms with van der Waals surface area (Å²) in [5, 5.41) is 13.1. The highest BCUT2D eigenvalue weighted by Gasteiger charge is 2.33. The average Bonchev–Trinajstić information content (AvgIpc) is 3.16. The van der Waals surface area contributed by atoms with Crippen LogP contribution in [0.3, 0.4) is 0 Å². The first-order valence-corrected chi connectivity index (χ1v) is 10.6. The minimum atomic E-state index is -0.713. The van der Waals surface area contributed by atoms with Crippen LogP contribution in [0.15, 0.2) is 30.3 Å². The van der Waals surface area contributed by atoms with E-state index in [0.717, 1.165) is 18.4 Å². The number of likely N-dealkylation sites (tertiary alicyclic amines) is 1. The molecule has 1 aliphatic heterocycles. The average molecular weight is 403 g/mol. The van der Waals surface area contributed by atoms with Crippen molar-refractivity contribution in [1.82, 2.24) is 10.2 Å². The second-order valence-electron chi connectivity index (χ2n) is 8.54. The maximum absolute atomic E-state index is 13.0. The van der Waals surface area contributed by atoms with Gasteiger partial charge in [0.25, 0.3) is 0 Å². The summed E-state index contributed by atoms with van der Waals surface area (Å²) in [6, 6.07) is 8.87. The summed E-state index contributed by atoms with van der Waals surface area (Å²) < 4.78 is 0. The molecular weight excluding hydrogens is 368 g/mol. The zero-order chi connectivity index (χ0) is 21.4. The monoisotopic (exact) mass is 402 g/mol. The van der Waals surface area contributed by atoms with Crippen molar-refractivity contribution in [3.8, 4) is 0 Å². The van der Waals surface area contributed by atoms with Crippen LogP contribution in [0.5, 0.6) is 0 Å². The van der Waals surface area contributed by atoms with Crippen molar-refractivity contribution in [2.24, 2.45) is 11.8 Å². The van der Waals surface area contributed by atoms with E-state index >= 15 is 0 Å². The Bertz CT molecular complexity index is 675. The second-order valence-corrected chi connectivity index (χ2v) is 8.54. The Hall–Kier alpha value is -2.21. The van der Waals surface area contributed by atoms with Gasteiger partial charge in [-0.1, -0.05) is 44.2 Å². The number of nitrogens with zero attached hydrogens (tertiary/aromatic N) is 1. The lowest BCUT2D eigenvalue weighted by atomic mass is 9.88. The van der Waals surface area contributed by atoms with E-state index < -0.39 is 24.1 Å². The van der Waals surface area contributed by atoms with Crippen molar-refractivity contribution in [1.29, 1.82) is 0 Å². The smallest absolute Gasteiger partial charge is 0.223 e. The molecule has 160 valence electrons. The summed E-state index contributed by atoms with van der Waals surface area (Å²) in [7, 11) is 0. The van der Waals surface area contributed by atoms with Gasteiger partial charge in [0.1, 0.15) is 0 Å². The molecule has 6 nitrogen and oxygen atoms in total. The summed E-state index contributed by atoms with van der Waals surface area (Å²) in [4.78, 5) is 38.5. The molecule has 4 atom stereocenters.